The van der Waals surface area contributed by atoms with Crippen LogP contribution in [0, 0.1) is 10.1 Å². The number of hydrogen-bond donors (Lipinski definition) is 2. The molecular weight excluding hydrogens is 104 g/mol. The van der Waals surface area contributed by atoms with Crippen LogP contribution in [-0.2, 0) is 0 Å². The van der Waals surface area contributed by atoms with Crippen molar-refractivity contribution < 1.29 is 15.3 Å². The van der Waals surface area contributed by atoms with Gasteiger partial charge in [-0.05, 0) is 0 Å². The fourth-order valence-electron chi connectivity index (χ4n) is 0. The molecule has 42 valence electrons. The van der Waals surface area contributed by atoms with E-state index in [0.717, 1.165) is 0 Å². The van der Waals surface area contributed by atoms with Crippen molar-refractivity contribution in [3.8, 4) is 0 Å². The molecule has 0 aliphatic carbocycles. The molecule has 0 fully saturated rings. The second kappa shape index (κ2) is 8.82. The Morgan fingerprint density at radius 3 is 1.86 bits per heavy atom. The molecule has 2 N–H and O–H groups in total. The van der Waals surface area contributed by atoms with Gasteiger partial charge in [0.2, 0.25) is 0 Å². The molecule has 6 nitrogen and oxygen atoms in total. The molecule has 7 heavy (non-hydrogen) atoms. The largest absolute Gasteiger partial charge is 0.418 e. The van der Waals surface area contributed by atoms with E-state index < -0.39 is 4.90 Å². The Kier molecular flexibility index (Phi) is 11.6. The summed E-state index contributed by atoms with van der Waals surface area (Å²) >= 11 is 0. The van der Waals surface area contributed by atoms with E-state index in [0.29, 0.717) is 0 Å². The highest BCUT2D eigenvalue weighted by molar-refractivity contribution is 5.13. The topological polar surface area (TPSA) is 96.0 Å². The molecule has 0 aromatic rings. The number of nitrogens with zero attached hydrogens (tertiary/aromatic N) is 2. The molecule has 0 atom stereocenters. The predicted molar refractivity (Wildman–Crippen MR) is 20.1 cm³/mol. The standard InChI is InChI=1S/CH3NO2.HNO2/c1-2(3)4;2-1-3/h1H2,(H,3,4);(H,2,3). The molecule has 0 saturated heterocycles. The molecule has 0 saturated carbocycles. The molecule has 0 bridgehead atoms. The van der Waals surface area contributed by atoms with Crippen LogP contribution in [0.25, 0.3) is 0 Å². The Balaban J connectivity index is 0. The van der Waals surface area contributed by atoms with Crippen LogP contribution in [0.3, 0.4) is 0 Å². The molecule has 0 spiro atoms. The average Bonchev–Trinajstić information content (AvgIpc) is 1.33. The van der Waals surface area contributed by atoms with Crippen molar-refractivity contribution in [1.29, 1.82) is 0 Å². The SMILES string of the molecule is C=[N+]([O-])O.O=NO. The van der Waals surface area contributed by atoms with Gasteiger partial charge in [0.1, 0.15) is 0 Å². The summed E-state index contributed by atoms with van der Waals surface area (Å²) in [6.07, 6.45) is 0. The van der Waals surface area contributed by atoms with Gasteiger partial charge in [0.05, 0.1) is 0 Å². The molecule has 0 aromatic carbocycles. The first-order chi connectivity index (χ1) is 3.15. The third-order valence-electron chi connectivity index (χ3n) is 0. The maximum absolute atomic E-state index is 8.81. The molecule has 0 radical (unpaired) electrons. The second-order valence-electron chi connectivity index (χ2n) is 0.434. The summed E-state index contributed by atoms with van der Waals surface area (Å²) < 4.78 is 0. The van der Waals surface area contributed by atoms with E-state index in [4.69, 9.17) is 20.5 Å². The van der Waals surface area contributed by atoms with Crippen molar-refractivity contribution in [2.24, 2.45) is 5.34 Å². The Labute approximate surface area is 38.8 Å². The van der Waals surface area contributed by atoms with Gasteiger partial charge in [-0.3, -0.25) is 5.21 Å². The first-order valence-electron chi connectivity index (χ1n) is 1.08. The van der Waals surface area contributed by atoms with Gasteiger partial charge < -0.3 is 10.4 Å². The van der Waals surface area contributed by atoms with E-state index in [-0.39, 0.29) is 0 Å². The van der Waals surface area contributed by atoms with Gasteiger partial charge in [-0.2, -0.15) is 0 Å². The molecule has 6 heteroatoms. The quantitative estimate of drug-likeness (QED) is 0.147. The lowest BCUT2D eigenvalue weighted by atomic mass is 11.7. The summed E-state index contributed by atoms with van der Waals surface area (Å²) in [6, 6.07) is 0. The van der Waals surface area contributed by atoms with Crippen molar-refractivity contribution in [3.63, 3.8) is 0 Å². The summed E-state index contributed by atoms with van der Waals surface area (Å²) in [5.41, 5.74) is 0. The molecule has 0 unspecified atom stereocenters. The lowest BCUT2D eigenvalue weighted by molar-refractivity contribution is -0.719. The summed E-state index contributed by atoms with van der Waals surface area (Å²) in [6.45, 7) is 2.47. The summed E-state index contributed by atoms with van der Waals surface area (Å²) in [5.74, 6) is 0. The highest BCUT2D eigenvalue weighted by Crippen LogP contribution is 1.35. The number of hydrogen-bond acceptors (Lipinski definition) is 4. The minimum absolute atomic E-state index is 0.500. The molecule has 0 aliphatic heterocycles. The second-order valence-corrected chi connectivity index (χ2v) is 0.434. The van der Waals surface area contributed by atoms with Gasteiger partial charge in [-0.15, -0.1) is 4.91 Å². The number of rotatable bonds is 0. The zero-order chi connectivity index (χ0) is 6.28. The monoisotopic (exact) mass is 108 g/mol. The Bertz CT molecular complexity index is 56.7. The molecule has 0 aromatic heterocycles. The van der Waals surface area contributed by atoms with E-state index in [2.05, 4.69) is 6.72 Å². The fourth-order valence-corrected chi connectivity index (χ4v) is 0. The van der Waals surface area contributed by atoms with Gasteiger partial charge in [0.15, 0.2) is 12.1 Å². The van der Waals surface area contributed by atoms with Crippen LogP contribution in [-0.4, -0.2) is 22.0 Å². The van der Waals surface area contributed by atoms with Gasteiger partial charge in [-0.1, -0.05) is 0 Å². The van der Waals surface area contributed by atoms with Gasteiger partial charge >= 0.3 is 0 Å². The smallest absolute Gasteiger partial charge is 0.197 e. The Morgan fingerprint density at radius 2 is 1.86 bits per heavy atom. The first kappa shape index (κ1) is 9.18. The minimum atomic E-state index is -0.500. The van der Waals surface area contributed by atoms with E-state index in [1.54, 1.807) is 0 Å². The first-order valence-corrected chi connectivity index (χ1v) is 1.08. The Hall–Kier alpha value is -1.33. The van der Waals surface area contributed by atoms with Crippen LogP contribution in [0.5, 0.6) is 0 Å². The van der Waals surface area contributed by atoms with E-state index in [9.17, 15) is 0 Å². The van der Waals surface area contributed by atoms with Crippen LogP contribution in [0.2, 0.25) is 0 Å². The average molecular weight is 108 g/mol. The molecule has 0 aliphatic rings. The highest BCUT2D eigenvalue weighted by atomic mass is 16.8. The van der Waals surface area contributed by atoms with Gasteiger partial charge in [0, 0.05) is 4.90 Å². The van der Waals surface area contributed by atoms with Crippen molar-refractivity contribution >= 4 is 6.72 Å². The van der Waals surface area contributed by atoms with Crippen molar-refractivity contribution in [1.82, 2.24) is 0 Å². The molecule has 0 amide bonds. The highest BCUT2D eigenvalue weighted by Gasteiger charge is 1.50. The van der Waals surface area contributed by atoms with Crippen molar-refractivity contribution in [3.05, 3.63) is 10.1 Å². The molecule has 0 heterocycles. The van der Waals surface area contributed by atoms with E-state index >= 15 is 0 Å². The van der Waals surface area contributed by atoms with E-state index in [1.165, 1.54) is 5.34 Å². The zero-order valence-corrected chi connectivity index (χ0v) is 3.31. The van der Waals surface area contributed by atoms with Crippen molar-refractivity contribution in [2.45, 2.75) is 0 Å². The third kappa shape index (κ3) is 18.8. The van der Waals surface area contributed by atoms with E-state index in [1.807, 2.05) is 0 Å². The van der Waals surface area contributed by atoms with Crippen LogP contribution in [0.1, 0.15) is 0 Å². The summed E-state index contributed by atoms with van der Waals surface area (Å²) in [4.78, 5) is 7.61. The van der Waals surface area contributed by atoms with Crippen molar-refractivity contribution in [2.75, 3.05) is 0 Å². The lowest BCUT2D eigenvalue weighted by Crippen LogP contribution is -1.84. The fraction of sp³-hybridized carbons (Fsp3) is 0. The van der Waals surface area contributed by atoms with Gasteiger partial charge in [-0.25, -0.2) is 0 Å². The predicted octanol–water partition coefficient (Wildman–Crippen LogP) is -0.272. The molecule has 0 rings (SSSR count). The normalized spacial score (nSPS) is 5.14. The van der Waals surface area contributed by atoms with Crippen LogP contribution in [0.15, 0.2) is 5.34 Å². The molecular formula is CH4N2O4. The van der Waals surface area contributed by atoms with Crippen LogP contribution in [0.4, 0.5) is 0 Å². The maximum Gasteiger partial charge on any atom is 0.197 e. The van der Waals surface area contributed by atoms with Gasteiger partial charge in [0.25, 0.3) is 0 Å². The lowest BCUT2D eigenvalue weighted by Gasteiger charge is -1.70. The summed E-state index contributed by atoms with van der Waals surface area (Å²) in [7, 11) is 0. The van der Waals surface area contributed by atoms with Crippen LogP contribution >= 0.6 is 0 Å². The van der Waals surface area contributed by atoms with Crippen LogP contribution < -0.4 is 0 Å². The minimum Gasteiger partial charge on any atom is -0.418 e. The summed E-state index contributed by atoms with van der Waals surface area (Å²) in [5, 5.41) is 23.9. The zero-order valence-electron chi connectivity index (χ0n) is 3.31. The Morgan fingerprint density at radius 1 is 1.86 bits per heavy atom. The third-order valence-corrected chi connectivity index (χ3v) is 0. The maximum atomic E-state index is 8.81.